The van der Waals surface area contributed by atoms with Crippen LogP contribution in [0.5, 0.6) is 0 Å². The zero-order chi connectivity index (χ0) is 10.7. The Labute approximate surface area is 115 Å². The fraction of sp³-hybridized carbons (Fsp3) is 0. The summed E-state index contributed by atoms with van der Waals surface area (Å²) in [6.45, 7) is 0. The van der Waals surface area contributed by atoms with Crippen molar-refractivity contribution in [1.82, 2.24) is 0 Å². The van der Waals surface area contributed by atoms with Crippen molar-refractivity contribution < 1.29 is 87.8 Å². The molecule has 0 aromatic heterocycles. The molecule has 0 amide bonds. The van der Waals surface area contributed by atoms with Gasteiger partial charge in [-0.25, -0.2) is 0 Å². The van der Waals surface area contributed by atoms with Crippen LogP contribution in [0.2, 0.25) is 0 Å². The van der Waals surface area contributed by atoms with E-state index in [4.69, 9.17) is 42.2 Å². The van der Waals surface area contributed by atoms with E-state index >= 15 is 0 Å². The summed E-state index contributed by atoms with van der Waals surface area (Å²) >= 11 is 0. The van der Waals surface area contributed by atoms with Crippen LogP contribution in [0.25, 0.3) is 0 Å². The maximum absolute atomic E-state index is 8.52. The fourth-order valence-electron chi connectivity index (χ4n) is 0. The van der Waals surface area contributed by atoms with Crippen LogP contribution < -0.4 is 28.8 Å². The van der Waals surface area contributed by atoms with Gasteiger partial charge >= 0.3 is 45.7 Å². The molecule has 0 saturated heterocycles. The summed E-state index contributed by atoms with van der Waals surface area (Å²) in [5, 5.41) is 0. The molecule has 0 aromatic carbocycles. The van der Waals surface area contributed by atoms with E-state index in [0.717, 1.165) is 0 Å². The van der Waals surface area contributed by atoms with Gasteiger partial charge in [0.25, 0.3) is 0 Å². The summed E-state index contributed by atoms with van der Waals surface area (Å²) in [4.78, 5) is 51.1. The van der Waals surface area contributed by atoms with E-state index < -0.39 is 27.5 Å². The van der Waals surface area contributed by atoms with Crippen LogP contribution in [-0.2, 0) is 59.1 Å². The molecule has 9 nitrogen and oxygen atoms in total. The number of hydrogen-bond donors (Lipinski definition) is 0. The maximum Gasteiger partial charge on any atom is 4.00 e. The minimum atomic E-state index is -3.63. The van der Waals surface area contributed by atoms with Crippen LogP contribution in [-0.4, -0.2) is 27.5 Å². The van der Waals surface area contributed by atoms with Crippen LogP contribution in [0, 0.1) is 0 Å². The van der Waals surface area contributed by atoms with E-state index in [1.54, 1.807) is 0 Å². The molecule has 14 heteroatoms. The Morgan fingerprint density at radius 3 is 0.571 bits per heavy atom. The van der Waals surface area contributed by atoms with E-state index in [1.165, 1.54) is 0 Å². The van der Waals surface area contributed by atoms with Crippen molar-refractivity contribution in [2.75, 3.05) is 0 Å². The second-order valence-electron chi connectivity index (χ2n) is 0.750. The summed E-state index contributed by atoms with van der Waals surface area (Å²) in [6, 6.07) is 0. The molecule has 0 radical (unpaired) electrons. The predicted octanol–water partition coefficient (Wildman–Crippen LogP) is -8.64. The first-order valence-electron chi connectivity index (χ1n) is 1.84. The SMILES string of the molecule is O=[Si]([O-])[O-].O=[Si]([O-])[O-].O=[Si]([O-])[O-].[Zn+2].[Zr+4]. The molecule has 0 aliphatic rings. The van der Waals surface area contributed by atoms with Crippen molar-refractivity contribution in [3.05, 3.63) is 0 Å². The third-order valence-corrected chi connectivity index (χ3v) is 0. The molecule has 0 bridgehead atoms. The van der Waals surface area contributed by atoms with E-state index in [9.17, 15) is 0 Å². The molecule has 0 saturated carbocycles. The second-order valence-corrected chi connectivity index (χ2v) is 2.25. The molecule has 0 spiro atoms. The van der Waals surface area contributed by atoms with E-state index in [2.05, 4.69) is 0 Å². The second kappa shape index (κ2) is 23.3. The van der Waals surface area contributed by atoms with Gasteiger partial charge in [0, 0.05) is 27.5 Å². The van der Waals surface area contributed by atoms with Gasteiger partial charge in [0.05, 0.1) is 0 Å². The van der Waals surface area contributed by atoms with Gasteiger partial charge in [-0.1, -0.05) is 0 Å². The summed E-state index contributed by atoms with van der Waals surface area (Å²) in [6.07, 6.45) is 0. The Morgan fingerprint density at radius 2 is 0.571 bits per heavy atom. The van der Waals surface area contributed by atoms with Crippen LogP contribution in [0.3, 0.4) is 0 Å². The summed E-state index contributed by atoms with van der Waals surface area (Å²) in [5.41, 5.74) is 0. The molecule has 0 fully saturated rings. The van der Waals surface area contributed by atoms with Gasteiger partial charge in [-0.15, -0.1) is 0 Å². The van der Waals surface area contributed by atoms with Crippen molar-refractivity contribution in [3.63, 3.8) is 0 Å². The molecule has 0 rings (SSSR count). The molecule has 0 aromatic rings. The Morgan fingerprint density at radius 1 is 0.571 bits per heavy atom. The molecule has 0 unspecified atom stereocenters. The molecule has 0 atom stereocenters. The Bertz CT molecular complexity index is 118. The topological polar surface area (TPSA) is 190 Å². The molecule has 0 aliphatic heterocycles. The first-order valence-corrected chi connectivity index (χ1v) is 5.51. The van der Waals surface area contributed by atoms with Crippen molar-refractivity contribution in [2.45, 2.75) is 0 Å². The average Bonchev–Trinajstić information content (AvgIpc) is 1.54. The molecule has 0 aliphatic carbocycles. The van der Waals surface area contributed by atoms with Gasteiger partial charge in [-0.3, -0.25) is 0 Å². The van der Waals surface area contributed by atoms with Crippen LogP contribution in [0.4, 0.5) is 0 Å². The van der Waals surface area contributed by atoms with Gasteiger partial charge in [0.15, 0.2) is 0 Å². The van der Waals surface area contributed by atoms with Gasteiger partial charge < -0.3 is 42.2 Å². The number of hydrogen-bond acceptors (Lipinski definition) is 9. The predicted molar refractivity (Wildman–Crippen MR) is 19.3 cm³/mol. The summed E-state index contributed by atoms with van der Waals surface area (Å²) in [7, 11) is -10.9. The van der Waals surface area contributed by atoms with E-state index in [-0.39, 0.29) is 45.7 Å². The molecule has 72 valence electrons. The summed E-state index contributed by atoms with van der Waals surface area (Å²) < 4.78 is 25.6. The van der Waals surface area contributed by atoms with E-state index in [0.29, 0.717) is 0 Å². The van der Waals surface area contributed by atoms with Crippen molar-refractivity contribution in [3.8, 4) is 0 Å². The Balaban J connectivity index is -0.0000000270. The van der Waals surface area contributed by atoms with E-state index in [1.807, 2.05) is 0 Å². The van der Waals surface area contributed by atoms with Gasteiger partial charge in [0.1, 0.15) is 0 Å². The first kappa shape index (κ1) is 29.3. The van der Waals surface area contributed by atoms with Gasteiger partial charge in [-0.2, -0.15) is 0 Å². The summed E-state index contributed by atoms with van der Waals surface area (Å²) in [5.74, 6) is 0. The smallest absolute Gasteiger partial charge is 0.672 e. The monoisotopic (exact) mass is 382 g/mol. The molecular weight excluding hydrogens is 385 g/mol. The Hall–Kier alpha value is 0.357. The normalized spacial score (nSPS) is 5.14. The van der Waals surface area contributed by atoms with Crippen LogP contribution in [0.15, 0.2) is 0 Å². The molecule has 0 N–H and O–H groups in total. The molecule has 14 heavy (non-hydrogen) atoms. The minimum absolute atomic E-state index is 0. The quantitative estimate of drug-likeness (QED) is 0.365. The third kappa shape index (κ3) is 12500. The van der Waals surface area contributed by atoms with Crippen LogP contribution >= 0.6 is 0 Å². The van der Waals surface area contributed by atoms with Crippen LogP contribution in [0.1, 0.15) is 0 Å². The standard InChI is InChI=1S/3O3Si.Zn.Zr/c3*1-4(2)3;;/q3*-2;+2;+4. The zero-order valence-electron chi connectivity index (χ0n) is 6.38. The van der Waals surface area contributed by atoms with Crippen molar-refractivity contribution in [2.24, 2.45) is 0 Å². The fourth-order valence-corrected chi connectivity index (χ4v) is 0. The number of rotatable bonds is 0. The maximum atomic E-state index is 8.52. The zero-order valence-corrected chi connectivity index (χ0v) is 14.8. The average molecular weight is 385 g/mol. The van der Waals surface area contributed by atoms with Crippen molar-refractivity contribution >= 4 is 27.5 Å². The minimum Gasteiger partial charge on any atom is -0.672 e. The first-order chi connectivity index (χ1) is 5.20. The van der Waals surface area contributed by atoms with Gasteiger partial charge in [-0.05, 0) is 0 Å². The van der Waals surface area contributed by atoms with Crippen molar-refractivity contribution in [1.29, 1.82) is 0 Å². The third-order valence-electron chi connectivity index (χ3n) is 0. The molecular formula is O9Si3ZnZr. The Kier molecular flexibility index (Phi) is 48.7. The molecule has 0 heterocycles. The largest absolute Gasteiger partial charge is 4.00 e. The van der Waals surface area contributed by atoms with Gasteiger partial charge in [0.2, 0.25) is 0 Å².